The van der Waals surface area contributed by atoms with E-state index in [-0.39, 0.29) is 0 Å². The molecule has 0 amide bonds. The maximum absolute atomic E-state index is 4.59. The van der Waals surface area contributed by atoms with Gasteiger partial charge in [0.05, 0.1) is 0 Å². The van der Waals surface area contributed by atoms with E-state index in [0.717, 1.165) is 21.9 Å². The monoisotopic (exact) mass is 305 g/mol. The van der Waals surface area contributed by atoms with Gasteiger partial charge in [0.2, 0.25) is 0 Å². The van der Waals surface area contributed by atoms with Gasteiger partial charge in [-0.15, -0.1) is 0 Å². The Morgan fingerprint density at radius 2 is 1.78 bits per heavy atom. The maximum Gasteiger partial charge on any atom is 0.137 e. The fraction of sp³-hybridized carbons (Fsp3) is 0.286. The standard InChI is InChI=1S/C14H16BrN3/c1-10(2)14-16-12(15)9-13(17-14)18(3)11-7-5-4-6-8-11/h4-10H,1-3H3. The van der Waals surface area contributed by atoms with E-state index < -0.39 is 0 Å². The summed E-state index contributed by atoms with van der Waals surface area (Å²) in [4.78, 5) is 11.0. The predicted octanol–water partition coefficient (Wildman–Crippen LogP) is 4.13. The molecule has 2 rings (SSSR count). The minimum Gasteiger partial charge on any atom is -0.329 e. The molecule has 0 radical (unpaired) electrons. The quantitative estimate of drug-likeness (QED) is 0.798. The summed E-state index contributed by atoms with van der Waals surface area (Å²) in [7, 11) is 2.01. The second kappa shape index (κ2) is 5.48. The molecule has 0 aliphatic carbocycles. The summed E-state index contributed by atoms with van der Waals surface area (Å²) in [5.74, 6) is 2.05. The van der Waals surface area contributed by atoms with Crippen LogP contribution in [0.5, 0.6) is 0 Å². The molecule has 0 unspecified atom stereocenters. The molecule has 0 spiro atoms. The molecule has 1 aromatic heterocycles. The van der Waals surface area contributed by atoms with Gasteiger partial charge < -0.3 is 4.90 Å². The molecule has 0 fully saturated rings. The third kappa shape index (κ3) is 2.88. The lowest BCUT2D eigenvalue weighted by molar-refractivity contribution is 0.767. The first-order valence-corrected chi connectivity index (χ1v) is 6.70. The molecule has 4 heteroatoms. The number of para-hydroxylation sites is 1. The minimum atomic E-state index is 0.311. The summed E-state index contributed by atoms with van der Waals surface area (Å²) in [6.07, 6.45) is 0. The van der Waals surface area contributed by atoms with Gasteiger partial charge in [0.15, 0.2) is 0 Å². The van der Waals surface area contributed by atoms with Gasteiger partial charge in [0.25, 0.3) is 0 Å². The number of anilines is 2. The first-order chi connectivity index (χ1) is 8.58. The van der Waals surface area contributed by atoms with Crippen molar-refractivity contribution in [3.63, 3.8) is 0 Å². The van der Waals surface area contributed by atoms with Gasteiger partial charge in [0.1, 0.15) is 16.2 Å². The Balaban J connectivity index is 2.39. The molecule has 94 valence electrons. The van der Waals surface area contributed by atoms with Crippen LogP contribution in [0.1, 0.15) is 25.6 Å². The summed E-state index contributed by atoms with van der Waals surface area (Å²) in [5.41, 5.74) is 1.11. The Labute approximate surface area is 116 Å². The van der Waals surface area contributed by atoms with Crippen molar-refractivity contribution in [2.24, 2.45) is 0 Å². The average Bonchev–Trinajstić information content (AvgIpc) is 2.38. The average molecular weight is 306 g/mol. The van der Waals surface area contributed by atoms with Crippen molar-refractivity contribution >= 4 is 27.4 Å². The molecule has 3 nitrogen and oxygen atoms in total. The summed E-state index contributed by atoms with van der Waals surface area (Å²) in [6, 6.07) is 12.1. The summed E-state index contributed by atoms with van der Waals surface area (Å²) in [5, 5.41) is 0. The first-order valence-electron chi connectivity index (χ1n) is 5.91. The van der Waals surface area contributed by atoms with E-state index in [4.69, 9.17) is 0 Å². The van der Waals surface area contributed by atoms with Gasteiger partial charge in [-0.25, -0.2) is 9.97 Å². The highest BCUT2D eigenvalue weighted by atomic mass is 79.9. The second-order valence-corrected chi connectivity index (χ2v) is 5.27. The smallest absolute Gasteiger partial charge is 0.137 e. The van der Waals surface area contributed by atoms with Crippen molar-refractivity contribution < 1.29 is 0 Å². The van der Waals surface area contributed by atoms with Crippen LogP contribution in [0.4, 0.5) is 11.5 Å². The molecule has 1 aromatic carbocycles. The Hall–Kier alpha value is -1.42. The second-order valence-electron chi connectivity index (χ2n) is 4.46. The van der Waals surface area contributed by atoms with Gasteiger partial charge in [-0.1, -0.05) is 32.0 Å². The van der Waals surface area contributed by atoms with E-state index in [2.05, 4.69) is 56.8 Å². The fourth-order valence-corrected chi connectivity index (χ4v) is 2.02. The highest BCUT2D eigenvalue weighted by Gasteiger charge is 2.10. The fourth-order valence-electron chi connectivity index (χ4n) is 1.64. The van der Waals surface area contributed by atoms with Crippen molar-refractivity contribution in [2.45, 2.75) is 19.8 Å². The zero-order chi connectivity index (χ0) is 13.1. The van der Waals surface area contributed by atoms with Crippen molar-refractivity contribution in [1.82, 2.24) is 9.97 Å². The van der Waals surface area contributed by atoms with E-state index >= 15 is 0 Å². The van der Waals surface area contributed by atoms with Crippen LogP contribution in [0, 0.1) is 0 Å². The lowest BCUT2D eigenvalue weighted by atomic mass is 10.2. The number of rotatable bonds is 3. The summed E-state index contributed by atoms with van der Waals surface area (Å²) < 4.78 is 0.819. The molecule has 0 aliphatic heterocycles. The number of hydrogen-bond acceptors (Lipinski definition) is 3. The molecular formula is C14H16BrN3. The molecule has 0 aliphatic rings. The topological polar surface area (TPSA) is 29.0 Å². The van der Waals surface area contributed by atoms with Crippen LogP contribution in [0.15, 0.2) is 41.0 Å². The molecule has 1 heterocycles. The zero-order valence-electron chi connectivity index (χ0n) is 10.8. The molecule has 0 saturated heterocycles. The lowest BCUT2D eigenvalue weighted by Gasteiger charge is -2.19. The number of hydrogen-bond donors (Lipinski definition) is 0. The van der Waals surface area contributed by atoms with Gasteiger partial charge >= 0.3 is 0 Å². The van der Waals surface area contributed by atoms with E-state index in [9.17, 15) is 0 Å². The van der Waals surface area contributed by atoms with Gasteiger partial charge in [0, 0.05) is 24.7 Å². The lowest BCUT2D eigenvalue weighted by Crippen LogP contribution is -2.13. The molecule has 0 bridgehead atoms. The largest absolute Gasteiger partial charge is 0.329 e. The van der Waals surface area contributed by atoms with Crippen molar-refractivity contribution in [1.29, 1.82) is 0 Å². The van der Waals surface area contributed by atoms with Crippen LogP contribution in [0.2, 0.25) is 0 Å². The highest BCUT2D eigenvalue weighted by Crippen LogP contribution is 2.25. The van der Waals surface area contributed by atoms with Crippen molar-refractivity contribution in [3.8, 4) is 0 Å². The molecule has 0 atom stereocenters. The van der Waals surface area contributed by atoms with Crippen molar-refractivity contribution in [3.05, 3.63) is 46.8 Å². The molecule has 0 saturated carbocycles. The Kier molecular flexibility index (Phi) is 3.97. The van der Waals surface area contributed by atoms with Crippen LogP contribution in [0.3, 0.4) is 0 Å². The van der Waals surface area contributed by atoms with E-state index in [1.807, 2.05) is 31.3 Å². The summed E-state index contributed by atoms with van der Waals surface area (Å²) in [6.45, 7) is 4.18. The number of aromatic nitrogens is 2. The highest BCUT2D eigenvalue weighted by molar-refractivity contribution is 9.10. The molecule has 18 heavy (non-hydrogen) atoms. The van der Waals surface area contributed by atoms with Crippen LogP contribution >= 0.6 is 15.9 Å². The van der Waals surface area contributed by atoms with Gasteiger partial charge in [-0.3, -0.25) is 0 Å². The van der Waals surface area contributed by atoms with Crippen LogP contribution in [0.25, 0.3) is 0 Å². The van der Waals surface area contributed by atoms with Crippen LogP contribution < -0.4 is 4.90 Å². The van der Waals surface area contributed by atoms with Crippen LogP contribution in [-0.2, 0) is 0 Å². The Morgan fingerprint density at radius 3 is 2.39 bits per heavy atom. The summed E-state index contributed by atoms with van der Waals surface area (Å²) >= 11 is 3.44. The van der Waals surface area contributed by atoms with Crippen LogP contribution in [-0.4, -0.2) is 17.0 Å². The van der Waals surface area contributed by atoms with Gasteiger partial charge in [-0.2, -0.15) is 0 Å². The third-order valence-electron chi connectivity index (χ3n) is 2.70. The molecular weight excluding hydrogens is 290 g/mol. The Bertz CT molecular complexity index is 526. The number of benzene rings is 1. The maximum atomic E-state index is 4.59. The third-order valence-corrected chi connectivity index (χ3v) is 3.11. The van der Waals surface area contributed by atoms with E-state index in [1.54, 1.807) is 0 Å². The minimum absolute atomic E-state index is 0.311. The first kappa shape index (κ1) is 13.0. The Morgan fingerprint density at radius 1 is 1.11 bits per heavy atom. The number of nitrogens with zero attached hydrogens (tertiary/aromatic N) is 3. The SMILES string of the molecule is CC(C)c1nc(Br)cc(N(C)c2ccccc2)n1. The van der Waals surface area contributed by atoms with Crippen molar-refractivity contribution in [2.75, 3.05) is 11.9 Å². The normalized spacial score (nSPS) is 10.7. The zero-order valence-corrected chi connectivity index (χ0v) is 12.3. The van der Waals surface area contributed by atoms with E-state index in [1.165, 1.54) is 0 Å². The molecule has 2 aromatic rings. The van der Waals surface area contributed by atoms with E-state index in [0.29, 0.717) is 5.92 Å². The molecule has 0 N–H and O–H groups in total. The number of halogens is 1. The van der Waals surface area contributed by atoms with Gasteiger partial charge in [-0.05, 0) is 28.1 Å². The predicted molar refractivity (Wildman–Crippen MR) is 78.3 cm³/mol.